The van der Waals surface area contributed by atoms with Gasteiger partial charge in [0.05, 0.1) is 13.2 Å². The normalized spacial score (nSPS) is 28.5. The number of rotatable bonds is 2. The molecule has 0 fully saturated rings. The zero-order valence-corrected chi connectivity index (χ0v) is 13.7. The van der Waals surface area contributed by atoms with E-state index in [1.165, 1.54) is 24.3 Å². The molecular weight excluding hydrogens is 340 g/mol. The minimum atomic E-state index is -0.922. The fourth-order valence-corrected chi connectivity index (χ4v) is 3.49. The van der Waals surface area contributed by atoms with Crippen molar-refractivity contribution in [1.82, 2.24) is 0 Å². The van der Waals surface area contributed by atoms with Crippen molar-refractivity contribution >= 4 is 28.9 Å². The topological polar surface area (TPSA) is 104 Å². The van der Waals surface area contributed by atoms with Gasteiger partial charge in [-0.3, -0.25) is 24.0 Å². The monoisotopic (exact) mass is 354 g/mol. The number of carbonyl (C=O) groups is 5. The maximum Gasteiger partial charge on any atom is 0.190 e. The Kier molecular flexibility index (Phi) is 3.97. The van der Waals surface area contributed by atoms with E-state index in [4.69, 9.17) is 9.47 Å². The van der Waals surface area contributed by atoms with Crippen molar-refractivity contribution in [3.63, 3.8) is 0 Å². The van der Waals surface area contributed by atoms with Gasteiger partial charge in [-0.05, 0) is 24.3 Å². The van der Waals surface area contributed by atoms with Crippen LogP contribution in [0.25, 0.3) is 0 Å². The standard InChI is InChI=1S/C19H14O7/c20-13-1-3-15(22)11-7-25-17(5-9(11)13)19(24)18-6-10-12(8-26-18)16(23)4-2-14(10)21/h1-4,17-18H,5-8H2. The summed E-state index contributed by atoms with van der Waals surface area (Å²) in [5.41, 5.74) is 1.16. The molecule has 0 N–H and O–H groups in total. The van der Waals surface area contributed by atoms with Gasteiger partial charge in [0.2, 0.25) is 0 Å². The summed E-state index contributed by atoms with van der Waals surface area (Å²) in [5.74, 6) is -1.56. The first-order chi connectivity index (χ1) is 12.5. The summed E-state index contributed by atoms with van der Waals surface area (Å²) in [5, 5.41) is 0. The Bertz CT molecular complexity index is 825. The molecule has 2 aliphatic heterocycles. The third kappa shape index (κ3) is 2.65. The number of allylic oxidation sites excluding steroid dienone is 4. The molecule has 0 aromatic heterocycles. The summed E-state index contributed by atoms with van der Waals surface area (Å²) in [4.78, 5) is 60.4. The van der Waals surface area contributed by atoms with E-state index in [2.05, 4.69) is 0 Å². The summed E-state index contributed by atoms with van der Waals surface area (Å²) in [6.07, 6.45) is 2.95. The minimum Gasteiger partial charge on any atom is -0.365 e. The molecule has 2 unspecified atom stereocenters. The lowest BCUT2D eigenvalue weighted by Gasteiger charge is -2.31. The van der Waals surface area contributed by atoms with E-state index in [1.807, 2.05) is 0 Å². The molecule has 132 valence electrons. The number of Topliss-reactive ketones (excluding diaryl/α,β-unsaturated/α-hetero) is 1. The second kappa shape index (κ2) is 6.19. The average molecular weight is 354 g/mol. The van der Waals surface area contributed by atoms with E-state index in [-0.39, 0.29) is 60.3 Å². The summed E-state index contributed by atoms with van der Waals surface area (Å²) in [6.45, 7) is -0.219. The molecule has 7 heteroatoms. The van der Waals surface area contributed by atoms with Crippen LogP contribution < -0.4 is 0 Å². The van der Waals surface area contributed by atoms with Crippen LogP contribution in [0.5, 0.6) is 0 Å². The van der Waals surface area contributed by atoms with Crippen molar-refractivity contribution in [3.05, 3.63) is 46.6 Å². The Morgan fingerprint density at radius 1 is 0.654 bits per heavy atom. The quantitative estimate of drug-likeness (QED) is 0.650. The van der Waals surface area contributed by atoms with Crippen LogP contribution in [-0.4, -0.2) is 54.3 Å². The minimum absolute atomic E-state index is 0.00161. The average Bonchev–Trinajstić information content (AvgIpc) is 2.66. The summed E-state index contributed by atoms with van der Waals surface area (Å²) >= 11 is 0. The van der Waals surface area contributed by atoms with Crippen LogP contribution in [0.4, 0.5) is 0 Å². The molecule has 0 spiro atoms. The molecule has 2 heterocycles. The lowest BCUT2D eigenvalue weighted by Crippen LogP contribution is -2.43. The number of hydrogen-bond acceptors (Lipinski definition) is 7. The van der Waals surface area contributed by atoms with Gasteiger partial charge in [-0.15, -0.1) is 0 Å². The van der Waals surface area contributed by atoms with Gasteiger partial charge < -0.3 is 9.47 Å². The van der Waals surface area contributed by atoms with Gasteiger partial charge in [0.15, 0.2) is 28.9 Å². The van der Waals surface area contributed by atoms with Crippen molar-refractivity contribution < 1.29 is 33.4 Å². The molecule has 0 aromatic rings. The zero-order valence-electron chi connectivity index (χ0n) is 13.7. The Balaban J connectivity index is 1.52. The highest BCUT2D eigenvalue weighted by molar-refractivity contribution is 6.21. The first-order valence-corrected chi connectivity index (χ1v) is 8.20. The molecule has 0 aromatic carbocycles. The lowest BCUT2D eigenvalue weighted by atomic mass is 9.84. The van der Waals surface area contributed by atoms with Gasteiger partial charge in [0.25, 0.3) is 0 Å². The van der Waals surface area contributed by atoms with Gasteiger partial charge in [-0.2, -0.15) is 0 Å². The maximum absolute atomic E-state index is 12.8. The van der Waals surface area contributed by atoms with Crippen LogP contribution in [0, 0.1) is 0 Å². The highest BCUT2D eigenvalue weighted by Crippen LogP contribution is 2.31. The predicted octanol–water partition coefficient (Wildman–Crippen LogP) is 0.142. The Morgan fingerprint density at radius 3 is 1.38 bits per heavy atom. The van der Waals surface area contributed by atoms with Gasteiger partial charge >= 0.3 is 0 Å². The van der Waals surface area contributed by atoms with E-state index in [0.29, 0.717) is 11.1 Å². The van der Waals surface area contributed by atoms with Gasteiger partial charge in [-0.25, -0.2) is 0 Å². The molecule has 26 heavy (non-hydrogen) atoms. The fourth-order valence-electron chi connectivity index (χ4n) is 3.49. The SMILES string of the molecule is O=C1C=CC(=O)C2=C1COC(C(=O)C1CC3=C(CO1)C(=O)C=CC3=O)C2. The van der Waals surface area contributed by atoms with Crippen molar-refractivity contribution in [1.29, 1.82) is 0 Å². The second-order valence-corrected chi connectivity index (χ2v) is 6.45. The summed E-state index contributed by atoms with van der Waals surface area (Å²) in [6, 6.07) is 0. The van der Waals surface area contributed by atoms with Gasteiger partial charge in [0.1, 0.15) is 12.2 Å². The van der Waals surface area contributed by atoms with Crippen molar-refractivity contribution in [2.24, 2.45) is 0 Å². The van der Waals surface area contributed by atoms with Crippen LogP contribution in [0.15, 0.2) is 46.6 Å². The van der Waals surface area contributed by atoms with Crippen LogP contribution in [0.3, 0.4) is 0 Å². The first kappa shape index (κ1) is 16.7. The smallest absolute Gasteiger partial charge is 0.190 e. The molecule has 0 radical (unpaired) electrons. The van der Waals surface area contributed by atoms with Gasteiger partial charge in [-0.1, -0.05) is 0 Å². The number of carbonyl (C=O) groups excluding carboxylic acids is 5. The molecule has 4 aliphatic rings. The number of ether oxygens (including phenoxy) is 2. The van der Waals surface area contributed by atoms with Crippen molar-refractivity contribution in [3.8, 4) is 0 Å². The van der Waals surface area contributed by atoms with Crippen LogP contribution in [0.2, 0.25) is 0 Å². The molecule has 2 atom stereocenters. The number of hydrogen-bond donors (Lipinski definition) is 0. The van der Waals surface area contributed by atoms with Crippen LogP contribution in [0.1, 0.15) is 12.8 Å². The molecule has 0 saturated carbocycles. The third-order valence-electron chi connectivity index (χ3n) is 4.96. The lowest BCUT2D eigenvalue weighted by molar-refractivity contribution is -0.144. The molecule has 2 aliphatic carbocycles. The largest absolute Gasteiger partial charge is 0.365 e. The van der Waals surface area contributed by atoms with E-state index >= 15 is 0 Å². The van der Waals surface area contributed by atoms with E-state index in [1.54, 1.807) is 0 Å². The van der Waals surface area contributed by atoms with E-state index < -0.39 is 18.0 Å². The molecule has 4 rings (SSSR count). The Labute approximate surface area is 148 Å². The molecule has 0 bridgehead atoms. The van der Waals surface area contributed by atoms with Crippen LogP contribution >= 0.6 is 0 Å². The highest BCUT2D eigenvalue weighted by atomic mass is 16.5. The Morgan fingerprint density at radius 2 is 1.00 bits per heavy atom. The molecule has 0 saturated heterocycles. The van der Waals surface area contributed by atoms with E-state index in [9.17, 15) is 24.0 Å². The summed E-state index contributed by atoms with van der Waals surface area (Å²) in [7, 11) is 0. The van der Waals surface area contributed by atoms with Gasteiger partial charge in [0, 0.05) is 35.1 Å². The second-order valence-electron chi connectivity index (χ2n) is 6.45. The number of ketones is 5. The fraction of sp³-hybridized carbons (Fsp3) is 0.316. The van der Waals surface area contributed by atoms with E-state index in [0.717, 1.165) is 0 Å². The van der Waals surface area contributed by atoms with Crippen LogP contribution in [-0.2, 0) is 33.4 Å². The predicted molar refractivity (Wildman–Crippen MR) is 86.1 cm³/mol. The third-order valence-corrected chi connectivity index (χ3v) is 4.96. The maximum atomic E-state index is 12.8. The Hall–Kier alpha value is -2.77. The molecular formula is C19H14O7. The summed E-state index contributed by atoms with van der Waals surface area (Å²) < 4.78 is 11.0. The first-order valence-electron chi connectivity index (χ1n) is 8.20. The highest BCUT2D eigenvalue weighted by Gasteiger charge is 2.40. The van der Waals surface area contributed by atoms with Crippen molar-refractivity contribution in [2.75, 3.05) is 13.2 Å². The zero-order chi connectivity index (χ0) is 18.4. The molecule has 7 nitrogen and oxygen atoms in total. The molecule has 0 amide bonds. The van der Waals surface area contributed by atoms with Crippen molar-refractivity contribution in [2.45, 2.75) is 25.0 Å².